The number of unbranched alkanes of at least 4 members (excludes halogenated alkanes) is 1. The Balaban J connectivity index is 2.50. The molecular weight excluding hydrogens is 196 g/mol. The molecule has 1 rings (SSSR count). The van der Waals surface area contributed by atoms with Crippen molar-refractivity contribution in [3.8, 4) is 0 Å². The Morgan fingerprint density at radius 3 is 2.62 bits per heavy atom. The first kappa shape index (κ1) is 11.1. The second-order valence-corrected chi connectivity index (χ2v) is 11.0. The molecule has 1 aliphatic rings. The predicted octanol–water partition coefficient (Wildman–Crippen LogP) is 4.49. The summed E-state index contributed by atoms with van der Waals surface area (Å²) in [4.78, 5) is 0. The van der Waals surface area contributed by atoms with E-state index in [-0.39, 0.29) is 0 Å². The number of hydrogen-bond donors (Lipinski definition) is 0. The van der Waals surface area contributed by atoms with Gasteiger partial charge in [0.05, 0.1) is 0 Å². The summed E-state index contributed by atoms with van der Waals surface area (Å²) in [6, 6.07) is 0. The SMILES string of the molecule is CCCCC1=CC([Si](C)(C)Cl)C=C1. The van der Waals surface area contributed by atoms with Crippen LogP contribution in [0.1, 0.15) is 26.2 Å². The van der Waals surface area contributed by atoms with Gasteiger partial charge in [0.15, 0.2) is 7.38 Å². The van der Waals surface area contributed by atoms with E-state index in [1.807, 2.05) is 0 Å². The van der Waals surface area contributed by atoms with Crippen LogP contribution in [0.4, 0.5) is 0 Å². The molecule has 2 heteroatoms. The van der Waals surface area contributed by atoms with Crippen LogP contribution in [-0.2, 0) is 0 Å². The molecule has 0 nitrogen and oxygen atoms in total. The van der Waals surface area contributed by atoms with Crippen LogP contribution in [-0.4, -0.2) is 7.38 Å². The molecule has 0 radical (unpaired) electrons. The second-order valence-electron chi connectivity index (χ2n) is 4.29. The van der Waals surface area contributed by atoms with Crippen molar-refractivity contribution in [2.45, 2.75) is 44.8 Å². The highest BCUT2D eigenvalue weighted by atomic mass is 35.6. The fourth-order valence-corrected chi connectivity index (χ4v) is 3.12. The third-order valence-corrected chi connectivity index (χ3v) is 5.22. The summed E-state index contributed by atoms with van der Waals surface area (Å²) >= 11 is 6.38. The van der Waals surface area contributed by atoms with Gasteiger partial charge < -0.3 is 0 Å². The van der Waals surface area contributed by atoms with Gasteiger partial charge in [0.25, 0.3) is 0 Å². The molecule has 0 N–H and O–H groups in total. The van der Waals surface area contributed by atoms with E-state index < -0.39 is 7.38 Å². The molecule has 1 unspecified atom stereocenters. The largest absolute Gasteiger partial charge is 0.167 e. The lowest BCUT2D eigenvalue weighted by Gasteiger charge is -2.17. The van der Waals surface area contributed by atoms with E-state index in [0.717, 1.165) is 0 Å². The zero-order chi connectivity index (χ0) is 9.90. The summed E-state index contributed by atoms with van der Waals surface area (Å²) < 4.78 is 0. The van der Waals surface area contributed by atoms with Crippen LogP contribution in [0.15, 0.2) is 23.8 Å². The van der Waals surface area contributed by atoms with E-state index in [2.05, 4.69) is 38.2 Å². The van der Waals surface area contributed by atoms with Gasteiger partial charge in [0, 0.05) is 5.54 Å². The van der Waals surface area contributed by atoms with Crippen molar-refractivity contribution in [3.05, 3.63) is 23.8 Å². The third kappa shape index (κ3) is 3.32. The van der Waals surface area contributed by atoms with E-state index in [1.54, 1.807) is 0 Å². The van der Waals surface area contributed by atoms with Crippen molar-refractivity contribution >= 4 is 18.5 Å². The van der Waals surface area contributed by atoms with Crippen LogP contribution in [0.3, 0.4) is 0 Å². The van der Waals surface area contributed by atoms with Crippen molar-refractivity contribution in [2.24, 2.45) is 0 Å². The molecule has 0 bridgehead atoms. The number of halogens is 1. The molecule has 0 fully saturated rings. The molecule has 0 saturated heterocycles. The number of rotatable bonds is 4. The van der Waals surface area contributed by atoms with Gasteiger partial charge in [-0.2, -0.15) is 11.1 Å². The minimum absolute atomic E-state index is 0.557. The first-order valence-electron chi connectivity index (χ1n) is 5.12. The second kappa shape index (κ2) is 4.47. The Hall–Kier alpha value is -0.0131. The summed E-state index contributed by atoms with van der Waals surface area (Å²) in [7, 11) is -1.50. The Morgan fingerprint density at radius 2 is 2.15 bits per heavy atom. The van der Waals surface area contributed by atoms with Crippen molar-refractivity contribution in [1.82, 2.24) is 0 Å². The van der Waals surface area contributed by atoms with Gasteiger partial charge in [0.2, 0.25) is 0 Å². The Morgan fingerprint density at radius 1 is 1.46 bits per heavy atom. The number of allylic oxidation sites excluding steroid dienone is 4. The van der Waals surface area contributed by atoms with Crippen molar-refractivity contribution < 1.29 is 0 Å². The zero-order valence-electron chi connectivity index (χ0n) is 8.81. The zero-order valence-corrected chi connectivity index (χ0v) is 10.6. The first-order chi connectivity index (χ1) is 6.04. The molecule has 0 aliphatic heterocycles. The minimum Gasteiger partial charge on any atom is -0.167 e. The predicted molar refractivity (Wildman–Crippen MR) is 63.8 cm³/mol. The highest BCUT2D eigenvalue weighted by molar-refractivity contribution is 7.20. The monoisotopic (exact) mass is 214 g/mol. The van der Waals surface area contributed by atoms with Crippen molar-refractivity contribution in [3.63, 3.8) is 0 Å². The summed E-state index contributed by atoms with van der Waals surface area (Å²) in [6.45, 7) is 6.66. The summed E-state index contributed by atoms with van der Waals surface area (Å²) in [6.07, 6.45) is 10.7. The highest BCUT2D eigenvalue weighted by Crippen LogP contribution is 2.34. The molecule has 1 atom stereocenters. The topological polar surface area (TPSA) is 0 Å². The van der Waals surface area contributed by atoms with Crippen LogP contribution < -0.4 is 0 Å². The van der Waals surface area contributed by atoms with Gasteiger partial charge in [-0.3, -0.25) is 0 Å². The Kier molecular flexibility index (Phi) is 3.81. The molecule has 0 aromatic rings. The van der Waals surface area contributed by atoms with Gasteiger partial charge in [-0.1, -0.05) is 50.2 Å². The maximum Gasteiger partial charge on any atom is 0.160 e. The number of hydrogen-bond acceptors (Lipinski definition) is 0. The smallest absolute Gasteiger partial charge is 0.160 e. The van der Waals surface area contributed by atoms with Crippen LogP contribution in [0.5, 0.6) is 0 Å². The standard InChI is InChI=1S/C11H19ClSi/c1-4-5-6-10-7-8-11(9-10)13(2,3)12/h7-9,11H,4-6H2,1-3H3. The third-order valence-electron chi connectivity index (χ3n) is 2.52. The molecule has 0 heterocycles. The Bertz CT molecular complexity index is 223. The lowest BCUT2D eigenvalue weighted by molar-refractivity contribution is 0.798. The van der Waals surface area contributed by atoms with Crippen LogP contribution in [0.2, 0.25) is 18.6 Å². The fraction of sp³-hybridized carbons (Fsp3) is 0.636. The van der Waals surface area contributed by atoms with Gasteiger partial charge >= 0.3 is 0 Å². The van der Waals surface area contributed by atoms with Crippen LogP contribution >= 0.6 is 11.1 Å². The molecule has 1 aliphatic carbocycles. The van der Waals surface area contributed by atoms with Gasteiger partial charge in [0.1, 0.15) is 0 Å². The van der Waals surface area contributed by atoms with Crippen LogP contribution in [0, 0.1) is 0 Å². The summed E-state index contributed by atoms with van der Waals surface area (Å²) in [5.74, 6) is 0. The summed E-state index contributed by atoms with van der Waals surface area (Å²) in [5.41, 5.74) is 2.05. The molecule has 0 saturated carbocycles. The van der Waals surface area contributed by atoms with Crippen LogP contribution in [0.25, 0.3) is 0 Å². The lowest BCUT2D eigenvalue weighted by Crippen LogP contribution is -2.21. The quantitative estimate of drug-likeness (QED) is 0.478. The average Bonchev–Trinajstić information content (AvgIpc) is 2.47. The van der Waals surface area contributed by atoms with Gasteiger partial charge in [-0.25, -0.2) is 0 Å². The molecular formula is C11H19ClSi. The lowest BCUT2D eigenvalue weighted by atomic mass is 10.1. The first-order valence-corrected chi connectivity index (χ1v) is 9.20. The molecule has 13 heavy (non-hydrogen) atoms. The van der Waals surface area contributed by atoms with E-state index in [0.29, 0.717) is 5.54 Å². The highest BCUT2D eigenvalue weighted by Gasteiger charge is 2.28. The van der Waals surface area contributed by atoms with E-state index in [1.165, 1.54) is 24.8 Å². The molecule has 0 aromatic heterocycles. The van der Waals surface area contributed by atoms with Gasteiger partial charge in [-0.05, 0) is 12.8 Å². The van der Waals surface area contributed by atoms with E-state index in [9.17, 15) is 0 Å². The molecule has 0 spiro atoms. The minimum atomic E-state index is -1.50. The molecule has 0 amide bonds. The Labute approximate surface area is 87.4 Å². The normalized spacial score (nSPS) is 22.2. The van der Waals surface area contributed by atoms with Crippen molar-refractivity contribution in [1.29, 1.82) is 0 Å². The fourth-order valence-electron chi connectivity index (χ4n) is 1.54. The maximum absolute atomic E-state index is 6.38. The van der Waals surface area contributed by atoms with Crippen molar-refractivity contribution in [2.75, 3.05) is 0 Å². The van der Waals surface area contributed by atoms with E-state index >= 15 is 0 Å². The molecule has 0 aromatic carbocycles. The van der Waals surface area contributed by atoms with E-state index in [4.69, 9.17) is 11.1 Å². The maximum atomic E-state index is 6.38. The molecule has 74 valence electrons. The average molecular weight is 215 g/mol. The summed E-state index contributed by atoms with van der Waals surface area (Å²) in [5, 5.41) is 0. The van der Waals surface area contributed by atoms with Gasteiger partial charge in [-0.15, -0.1) is 0 Å².